The summed E-state index contributed by atoms with van der Waals surface area (Å²) in [4.78, 5) is 28.6. The molecule has 2 rings (SSSR count). The summed E-state index contributed by atoms with van der Waals surface area (Å²) in [6, 6.07) is 1.44. The molecular weight excluding hydrogens is 278 g/mol. The van der Waals surface area contributed by atoms with Crippen molar-refractivity contribution in [3.05, 3.63) is 39.3 Å². The number of amides is 1. The average Bonchev–Trinajstić information content (AvgIpc) is 2.78. The molecule has 0 fully saturated rings. The highest BCUT2D eigenvalue weighted by molar-refractivity contribution is 7.15. The standard InChI is InChI=1S/C13H15N3O3S/c1-8-4-10(17)11(19-3)6-16(8)7-12(18)15-13-14-5-9(2)20-13/h4-6H,7H2,1-3H3,(H,14,15,18). The number of aryl methyl sites for hydroxylation is 2. The maximum Gasteiger partial charge on any atom is 0.246 e. The molecule has 0 saturated carbocycles. The summed E-state index contributed by atoms with van der Waals surface area (Å²) >= 11 is 1.41. The molecular formula is C13H15N3O3S. The van der Waals surface area contributed by atoms with Crippen LogP contribution >= 0.6 is 11.3 Å². The van der Waals surface area contributed by atoms with Crippen LogP contribution < -0.4 is 15.5 Å². The number of anilines is 1. The van der Waals surface area contributed by atoms with Crippen LogP contribution in [0.5, 0.6) is 5.75 Å². The van der Waals surface area contributed by atoms with Crippen molar-refractivity contribution in [1.29, 1.82) is 0 Å². The molecule has 1 N–H and O–H groups in total. The summed E-state index contributed by atoms with van der Waals surface area (Å²) in [5.74, 6) is 0.0154. The Kier molecular flexibility index (Phi) is 4.19. The third kappa shape index (κ3) is 3.24. The van der Waals surface area contributed by atoms with E-state index in [1.807, 2.05) is 6.92 Å². The summed E-state index contributed by atoms with van der Waals surface area (Å²) in [5, 5.41) is 3.29. The Morgan fingerprint density at radius 1 is 1.50 bits per heavy atom. The SMILES string of the molecule is COc1cn(CC(=O)Nc2ncc(C)s2)c(C)cc1=O. The molecule has 106 valence electrons. The number of methoxy groups -OCH3 is 1. The molecule has 0 atom stereocenters. The molecule has 0 aliphatic rings. The van der Waals surface area contributed by atoms with Gasteiger partial charge in [0.2, 0.25) is 11.3 Å². The molecule has 1 amide bonds. The zero-order valence-corrected chi connectivity index (χ0v) is 12.3. The van der Waals surface area contributed by atoms with Crippen LogP contribution in [-0.4, -0.2) is 22.6 Å². The van der Waals surface area contributed by atoms with Gasteiger partial charge in [-0.05, 0) is 13.8 Å². The molecule has 20 heavy (non-hydrogen) atoms. The van der Waals surface area contributed by atoms with Crippen molar-refractivity contribution < 1.29 is 9.53 Å². The lowest BCUT2D eigenvalue weighted by Crippen LogP contribution is -2.21. The van der Waals surface area contributed by atoms with Gasteiger partial charge in [-0.3, -0.25) is 9.59 Å². The van der Waals surface area contributed by atoms with E-state index in [0.29, 0.717) is 10.8 Å². The molecule has 0 aromatic carbocycles. The zero-order valence-electron chi connectivity index (χ0n) is 11.5. The highest BCUT2D eigenvalue weighted by Crippen LogP contribution is 2.16. The minimum atomic E-state index is -0.201. The summed E-state index contributed by atoms with van der Waals surface area (Å²) < 4.78 is 6.63. The van der Waals surface area contributed by atoms with Gasteiger partial charge in [0.1, 0.15) is 6.54 Å². The number of nitrogens with zero attached hydrogens (tertiary/aromatic N) is 2. The fourth-order valence-electron chi connectivity index (χ4n) is 1.70. The predicted octanol–water partition coefficient (Wildman–Crippen LogP) is 1.57. The second kappa shape index (κ2) is 5.87. The van der Waals surface area contributed by atoms with E-state index in [1.54, 1.807) is 17.7 Å². The second-order valence-electron chi connectivity index (χ2n) is 4.30. The van der Waals surface area contributed by atoms with Gasteiger partial charge in [0.25, 0.3) is 0 Å². The number of hydrogen-bond donors (Lipinski definition) is 1. The largest absolute Gasteiger partial charge is 0.491 e. The third-order valence-corrected chi connectivity index (χ3v) is 3.54. The molecule has 0 aliphatic heterocycles. The molecule has 6 nitrogen and oxygen atoms in total. The van der Waals surface area contributed by atoms with Crippen LogP contribution in [0.15, 0.2) is 23.3 Å². The van der Waals surface area contributed by atoms with E-state index < -0.39 is 0 Å². The molecule has 0 aliphatic carbocycles. The quantitative estimate of drug-likeness (QED) is 0.928. The minimum Gasteiger partial charge on any atom is -0.491 e. The van der Waals surface area contributed by atoms with Crippen LogP contribution in [0.25, 0.3) is 0 Å². The lowest BCUT2D eigenvalue weighted by atomic mass is 10.3. The summed E-state index contributed by atoms with van der Waals surface area (Å²) in [6.07, 6.45) is 3.23. The maximum atomic E-state index is 11.9. The van der Waals surface area contributed by atoms with Gasteiger partial charge >= 0.3 is 0 Å². The van der Waals surface area contributed by atoms with Crippen molar-refractivity contribution in [2.75, 3.05) is 12.4 Å². The van der Waals surface area contributed by atoms with Gasteiger partial charge < -0.3 is 14.6 Å². The number of rotatable bonds is 4. The fourth-order valence-corrected chi connectivity index (χ4v) is 2.38. The van der Waals surface area contributed by atoms with E-state index in [9.17, 15) is 9.59 Å². The van der Waals surface area contributed by atoms with Crippen molar-refractivity contribution in [2.24, 2.45) is 0 Å². The van der Waals surface area contributed by atoms with Crippen LogP contribution in [-0.2, 0) is 11.3 Å². The number of pyridine rings is 1. The summed E-state index contributed by atoms with van der Waals surface area (Å²) in [6.45, 7) is 3.78. The first-order valence-electron chi connectivity index (χ1n) is 5.97. The molecule has 0 spiro atoms. The lowest BCUT2D eigenvalue weighted by Gasteiger charge is -2.11. The molecule has 0 bridgehead atoms. The van der Waals surface area contributed by atoms with Gasteiger partial charge in [-0.15, -0.1) is 11.3 Å². The Morgan fingerprint density at radius 2 is 2.25 bits per heavy atom. The number of thiazole rings is 1. The van der Waals surface area contributed by atoms with E-state index in [2.05, 4.69) is 10.3 Å². The van der Waals surface area contributed by atoms with Crippen molar-refractivity contribution in [3.63, 3.8) is 0 Å². The van der Waals surface area contributed by atoms with Gasteiger partial charge in [-0.1, -0.05) is 0 Å². The van der Waals surface area contributed by atoms with Crippen molar-refractivity contribution in [2.45, 2.75) is 20.4 Å². The average molecular weight is 293 g/mol. The van der Waals surface area contributed by atoms with E-state index >= 15 is 0 Å². The normalized spacial score (nSPS) is 10.3. The molecule has 2 heterocycles. The first kappa shape index (κ1) is 14.3. The molecule has 0 saturated heterocycles. The number of nitrogens with one attached hydrogen (secondary N) is 1. The van der Waals surface area contributed by atoms with Crippen LogP contribution in [0.3, 0.4) is 0 Å². The van der Waals surface area contributed by atoms with E-state index in [-0.39, 0.29) is 23.6 Å². The monoisotopic (exact) mass is 293 g/mol. The highest BCUT2D eigenvalue weighted by Gasteiger charge is 2.09. The van der Waals surface area contributed by atoms with Gasteiger partial charge in [0.05, 0.1) is 13.3 Å². The number of carbonyl (C=O) groups is 1. The van der Waals surface area contributed by atoms with E-state index in [0.717, 1.165) is 4.88 Å². The van der Waals surface area contributed by atoms with Gasteiger partial charge in [0, 0.05) is 22.8 Å². The lowest BCUT2D eigenvalue weighted by molar-refractivity contribution is -0.116. The van der Waals surface area contributed by atoms with Crippen LogP contribution in [0.1, 0.15) is 10.6 Å². The van der Waals surface area contributed by atoms with Crippen molar-refractivity contribution >= 4 is 22.4 Å². The van der Waals surface area contributed by atoms with Crippen molar-refractivity contribution in [1.82, 2.24) is 9.55 Å². The Balaban J connectivity index is 2.13. The van der Waals surface area contributed by atoms with E-state index in [1.165, 1.54) is 30.7 Å². The molecule has 7 heteroatoms. The number of aromatic nitrogens is 2. The molecule has 2 aromatic heterocycles. The number of hydrogen-bond acceptors (Lipinski definition) is 5. The predicted molar refractivity (Wildman–Crippen MR) is 77.5 cm³/mol. The van der Waals surface area contributed by atoms with Crippen LogP contribution in [0.4, 0.5) is 5.13 Å². The first-order valence-corrected chi connectivity index (χ1v) is 6.78. The molecule has 2 aromatic rings. The minimum absolute atomic E-state index is 0.0983. The molecule has 0 radical (unpaired) electrons. The smallest absolute Gasteiger partial charge is 0.246 e. The second-order valence-corrected chi connectivity index (χ2v) is 5.53. The topological polar surface area (TPSA) is 73.2 Å². The zero-order chi connectivity index (χ0) is 14.7. The number of carbonyl (C=O) groups excluding carboxylic acids is 1. The van der Waals surface area contributed by atoms with Gasteiger partial charge in [-0.2, -0.15) is 0 Å². The Morgan fingerprint density at radius 3 is 2.85 bits per heavy atom. The maximum absolute atomic E-state index is 11.9. The van der Waals surface area contributed by atoms with Crippen LogP contribution in [0.2, 0.25) is 0 Å². The summed E-state index contributed by atoms with van der Waals surface area (Å²) in [7, 11) is 1.43. The number of ether oxygens (including phenoxy) is 1. The van der Waals surface area contributed by atoms with Crippen molar-refractivity contribution in [3.8, 4) is 5.75 Å². The third-order valence-electron chi connectivity index (χ3n) is 2.71. The summed E-state index contributed by atoms with van der Waals surface area (Å²) in [5.41, 5.74) is 0.499. The Hall–Kier alpha value is -2.15. The Labute approximate surface area is 120 Å². The van der Waals surface area contributed by atoms with Gasteiger partial charge in [0.15, 0.2) is 10.9 Å². The highest BCUT2D eigenvalue weighted by atomic mass is 32.1. The van der Waals surface area contributed by atoms with Gasteiger partial charge in [-0.25, -0.2) is 4.98 Å². The Bertz CT molecular complexity index is 690. The van der Waals surface area contributed by atoms with Crippen LogP contribution in [0, 0.1) is 13.8 Å². The van der Waals surface area contributed by atoms with E-state index in [4.69, 9.17) is 4.74 Å². The molecule has 0 unspecified atom stereocenters. The first-order chi connectivity index (χ1) is 9.49. The fraction of sp³-hybridized carbons (Fsp3) is 0.308.